The predicted molar refractivity (Wildman–Crippen MR) is 76.5 cm³/mol. The molecule has 0 bridgehead atoms. The number of methoxy groups -OCH3 is 1. The van der Waals surface area contributed by atoms with Crippen molar-refractivity contribution in [3.05, 3.63) is 0 Å². The first kappa shape index (κ1) is 16.9. The molecule has 0 radical (unpaired) electrons. The summed E-state index contributed by atoms with van der Waals surface area (Å²) in [5.41, 5.74) is 0.504. The largest absolute Gasteiger partial charge is 0.385 e. The Labute approximate surface area is 109 Å². The van der Waals surface area contributed by atoms with Crippen molar-refractivity contribution in [1.29, 1.82) is 0 Å². The van der Waals surface area contributed by atoms with Crippen LogP contribution in [-0.2, 0) is 4.74 Å². The van der Waals surface area contributed by atoms with Gasteiger partial charge >= 0.3 is 0 Å². The summed E-state index contributed by atoms with van der Waals surface area (Å²) in [6.45, 7) is 10.1. The molecule has 0 rings (SSSR count). The second-order valence-electron chi connectivity index (χ2n) is 5.23. The minimum absolute atomic E-state index is 0.504. The Kier molecular flexibility index (Phi) is 11.0. The van der Waals surface area contributed by atoms with Crippen molar-refractivity contribution in [3.8, 4) is 0 Å². The minimum atomic E-state index is 0.504. The summed E-state index contributed by atoms with van der Waals surface area (Å²) in [5, 5.41) is 3.62. The van der Waals surface area contributed by atoms with Crippen LogP contribution in [0.2, 0.25) is 0 Å². The highest BCUT2D eigenvalue weighted by Gasteiger charge is 2.26. The fourth-order valence-electron chi connectivity index (χ4n) is 2.45. The third kappa shape index (κ3) is 7.77. The third-order valence-electron chi connectivity index (χ3n) is 3.79. The molecule has 1 unspecified atom stereocenters. The van der Waals surface area contributed by atoms with E-state index in [2.05, 4.69) is 26.1 Å². The Morgan fingerprint density at radius 2 is 1.71 bits per heavy atom. The Hall–Kier alpha value is -0.0800. The lowest BCUT2D eigenvalue weighted by Crippen LogP contribution is -2.34. The van der Waals surface area contributed by atoms with E-state index in [1.54, 1.807) is 7.11 Å². The quantitative estimate of drug-likeness (QED) is 0.523. The molecule has 2 nitrogen and oxygen atoms in total. The molecule has 2 heteroatoms. The lowest BCUT2D eigenvalue weighted by molar-refractivity contribution is 0.151. The minimum Gasteiger partial charge on any atom is -0.385 e. The molecule has 0 aliphatic carbocycles. The van der Waals surface area contributed by atoms with Crippen molar-refractivity contribution in [2.24, 2.45) is 5.41 Å². The molecule has 0 saturated carbocycles. The molecule has 0 aliphatic rings. The van der Waals surface area contributed by atoms with E-state index in [0.29, 0.717) is 5.41 Å². The number of nitrogens with one attached hydrogen (secondary N) is 1. The summed E-state index contributed by atoms with van der Waals surface area (Å²) in [7, 11) is 1.80. The molecular formula is C15H33NO. The summed E-state index contributed by atoms with van der Waals surface area (Å²) in [6.07, 6.45) is 9.03. The number of unbranched alkanes of at least 4 members (excludes halogenated alkanes) is 1. The van der Waals surface area contributed by atoms with E-state index in [1.165, 1.54) is 51.5 Å². The highest BCUT2D eigenvalue weighted by atomic mass is 16.5. The molecule has 0 heterocycles. The van der Waals surface area contributed by atoms with Crippen LogP contribution in [0.25, 0.3) is 0 Å². The van der Waals surface area contributed by atoms with E-state index in [4.69, 9.17) is 4.74 Å². The smallest absolute Gasteiger partial charge is 0.0462 e. The van der Waals surface area contributed by atoms with E-state index in [1.807, 2.05) is 0 Å². The van der Waals surface area contributed by atoms with Gasteiger partial charge < -0.3 is 10.1 Å². The summed E-state index contributed by atoms with van der Waals surface area (Å²) in [5.74, 6) is 0. The highest BCUT2D eigenvalue weighted by molar-refractivity contribution is 4.80. The van der Waals surface area contributed by atoms with Crippen LogP contribution in [0.3, 0.4) is 0 Å². The number of ether oxygens (including phenoxy) is 1. The van der Waals surface area contributed by atoms with Gasteiger partial charge in [0.25, 0.3) is 0 Å². The second kappa shape index (κ2) is 11.0. The van der Waals surface area contributed by atoms with Gasteiger partial charge in [-0.1, -0.05) is 33.6 Å². The topological polar surface area (TPSA) is 21.3 Å². The molecule has 104 valence electrons. The summed E-state index contributed by atoms with van der Waals surface area (Å²) in [6, 6.07) is 0. The van der Waals surface area contributed by atoms with Gasteiger partial charge in [0.15, 0.2) is 0 Å². The van der Waals surface area contributed by atoms with Gasteiger partial charge in [-0.2, -0.15) is 0 Å². The average molecular weight is 243 g/mol. The fraction of sp³-hybridized carbons (Fsp3) is 1.00. The van der Waals surface area contributed by atoms with Gasteiger partial charge in [-0.3, -0.25) is 0 Å². The first-order chi connectivity index (χ1) is 8.24. The summed E-state index contributed by atoms with van der Waals surface area (Å²) < 4.78 is 5.19. The zero-order valence-electron chi connectivity index (χ0n) is 12.5. The van der Waals surface area contributed by atoms with Gasteiger partial charge in [-0.25, -0.2) is 0 Å². The Bertz CT molecular complexity index is 149. The molecular weight excluding hydrogens is 210 g/mol. The van der Waals surface area contributed by atoms with Gasteiger partial charge in [-0.05, 0) is 44.1 Å². The Morgan fingerprint density at radius 1 is 1.00 bits per heavy atom. The van der Waals surface area contributed by atoms with E-state index in [9.17, 15) is 0 Å². The van der Waals surface area contributed by atoms with Gasteiger partial charge in [0.2, 0.25) is 0 Å². The van der Waals surface area contributed by atoms with Gasteiger partial charge in [0, 0.05) is 20.3 Å². The van der Waals surface area contributed by atoms with Gasteiger partial charge in [0.05, 0.1) is 0 Å². The maximum Gasteiger partial charge on any atom is 0.0462 e. The SMILES string of the molecule is CCCCC(CC)(CCCOC)CNCCC. The van der Waals surface area contributed by atoms with Crippen molar-refractivity contribution in [2.45, 2.75) is 65.7 Å². The molecule has 1 N–H and O–H groups in total. The standard InChI is InChI=1S/C15H33NO/c1-5-8-10-15(7-3,11-9-13-17-4)14-16-12-6-2/h16H,5-14H2,1-4H3. The molecule has 0 aromatic carbocycles. The molecule has 0 aromatic rings. The predicted octanol–water partition coefficient (Wildman–Crippen LogP) is 4.00. The molecule has 17 heavy (non-hydrogen) atoms. The molecule has 1 atom stereocenters. The van der Waals surface area contributed by atoms with Crippen LogP contribution >= 0.6 is 0 Å². The fourth-order valence-corrected chi connectivity index (χ4v) is 2.45. The molecule has 0 aromatic heterocycles. The van der Waals surface area contributed by atoms with Crippen LogP contribution in [0.1, 0.15) is 65.7 Å². The summed E-state index contributed by atoms with van der Waals surface area (Å²) in [4.78, 5) is 0. The van der Waals surface area contributed by atoms with Crippen LogP contribution in [0.15, 0.2) is 0 Å². The van der Waals surface area contributed by atoms with E-state index < -0.39 is 0 Å². The maximum absolute atomic E-state index is 5.19. The van der Waals surface area contributed by atoms with Gasteiger partial charge in [0.1, 0.15) is 0 Å². The van der Waals surface area contributed by atoms with Crippen molar-refractivity contribution >= 4 is 0 Å². The molecule has 0 amide bonds. The van der Waals surface area contributed by atoms with E-state index in [-0.39, 0.29) is 0 Å². The first-order valence-corrected chi connectivity index (χ1v) is 7.44. The van der Waals surface area contributed by atoms with Crippen molar-refractivity contribution in [3.63, 3.8) is 0 Å². The highest BCUT2D eigenvalue weighted by Crippen LogP contribution is 2.33. The van der Waals surface area contributed by atoms with Crippen molar-refractivity contribution < 1.29 is 4.74 Å². The van der Waals surface area contributed by atoms with Crippen LogP contribution in [0, 0.1) is 5.41 Å². The zero-order valence-corrected chi connectivity index (χ0v) is 12.5. The molecule has 0 fully saturated rings. The summed E-state index contributed by atoms with van der Waals surface area (Å²) >= 11 is 0. The molecule has 0 saturated heterocycles. The number of rotatable bonds is 12. The van der Waals surface area contributed by atoms with Gasteiger partial charge in [-0.15, -0.1) is 0 Å². The van der Waals surface area contributed by atoms with Crippen molar-refractivity contribution in [2.75, 3.05) is 26.8 Å². The van der Waals surface area contributed by atoms with E-state index in [0.717, 1.165) is 13.2 Å². The third-order valence-corrected chi connectivity index (χ3v) is 3.79. The van der Waals surface area contributed by atoms with Crippen molar-refractivity contribution in [1.82, 2.24) is 5.32 Å². The van der Waals surface area contributed by atoms with Crippen LogP contribution in [0.4, 0.5) is 0 Å². The monoisotopic (exact) mass is 243 g/mol. The first-order valence-electron chi connectivity index (χ1n) is 7.44. The molecule has 0 aliphatic heterocycles. The number of hydrogen-bond donors (Lipinski definition) is 1. The number of hydrogen-bond acceptors (Lipinski definition) is 2. The zero-order chi connectivity index (χ0) is 13.0. The van der Waals surface area contributed by atoms with Crippen LogP contribution in [-0.4, -0.2) is 26.8 Å². The Morgan fingerprint density at radius 3 is 2.24 bits per heavy atom. The lowest BCUT2D eigenvalue weighted by Gasteiger charge is -2.33. The Balaban J connectivity index is 4.17. The normalized spacial score (nSPS) is 14.8. The average Bonchev–Trinajstić information content (AvgIpc) is 2.36. The second-order valence-corrected chi connectivity index (χ2v) is 5.23. The van der Waals surface area contributed by atoms with Crippen LogP contribution in [0.5, 0.6) is 0 Å². The van der Waals surface area contributed by atoms with E-state index >= 15 is 0 Å². The van der Waals surface area contributed by atoms with Crippen LogP contribution < -0.4 is 5.32 Å². The maximum atomic E-state index is 5.19. The lowest BCUT2D eigenvalue weighted by atomic mass is 9.76. The molecule has 0 spiro atoms.